The fourth-order valence-corrected chi connectivity index (χ4v) is 3.63. The number of hydrogen-bond acceptors (Lipinski definition) is 2. The second-order valence-electron chi connectivity index (χ2n) is 6.46. The van der Waals surface area contributed by atoms with E-state index < -0.39 is 0 Å². The van der Waals surface area contributed by atoms with E-state index in [-0.39, 0.29) is 0 Å². The Balaban J connectivity index is 1.68. The Bertz CT molecular complexity index is 917. The average Bonchev–Trinajstić information content (AvgIpc) is 3.18. The van der Waals surface area contributed by atoms with Crippen molar-refractivity contribution in [2.45, 2.75) is 19.8 Å². The number of allylic oxidation sites excluding steroid dienone is 1. The van der Waals surface area contributed by atoms with Gasteiger partial charge in [-0.05, 0) is 41.3 Å². The molecule has 3 aromatic rings. The summed E-state index contributed by atoms with van der Waals surface area (Å²) in [7, 11) is 3.44. The highest BCUT2D eigenvalue weighted by Gasteiger charge is 2.22. The smallest absolute Gasteiger partial charge is 0.120 e. The van der Waals surface area contributed by atoms with Gasteiger partial charge in [-0.25, -0.2) is 0 Å². The van der Waals surface area contributed by atoms with Crippen LogP contribution in [0.2, 0.25) is 0 Å². The number of aromatic nitrogens is 2. The summed E-state index contributed by atoms with van der Waals surface area (Å²) in [6.45, 7) is 2.22. The van der Waals surface area contributed by atoms with E-state index in [0.717, 1.165) is 29.9 Å². The van der Waals surface area contributed by atoms with Crippen molar-refractivity contribution in [3.8, 4) is 5.75 Å². The van der Waals surface area contributed by atoms with Gasteiger partial charge in [0, 0.05) is 47.4 Å². The lowest BCUT2D eigenvalue weighted by Gasteiger charge is -2.20. The summed E-state index contributed by atoms with van der Waals surface area (Å²) in [5, 5.41) is 1.25. The number of rotatable bonds is 4. The highest BCUT2D eigenvalue weighted by Crippen LogP contribution is 2.32. The van der Waals surface area contributed by atoms with Crippen LogP contribution >= 0.6 is 0 Å². The third kappa shape index (κ3) is 2.39. The zero-order valence-electron chi connectivity index (χ0n) is 14.3. The van der Waals surface area contributed by atoms with Gasteiger partial charge in [0.15, 0.2) is 0 Å². The molecule has 2 N–H and O–H groups in total. The largest absolute Gasteiger partial charge is 0.501 e. The molecule has 2 heterocycles. The fraction of sp³-hybridized carbons (Fsp3) is 0.300. The molecular weight excluding hydrogens is 300 g/mol. The molecule has 0 bridgehead atoms. The van der Waals surface area contributed by atoms with E-state index in [1.54, 1.807) is 14.2 Å². The monoisotopic (exact) mass is 322 g/mol. The molecule has 0 saturated heterocycles. The van der Waals surface area contributed by atoms with Gasteiger partial charge in [0.1, 0.15) is 11.5 Å². The molecule has 0 spiro atoms. The molecule has 1 aliphatic carbocycles. The van der Waals surface area contributed by atoms with Gasteiger partial charge in [-0.3, -0.25) is 0 Å². The maximum Gasteiger partial charge on any atom is 0.120 e. The Morgan fingerprint density at radius 3 is 2.71 bits per heavy atom. The first-order chi connectivity index (χ1) is 11.7. The molecule has 4 rings (SSSR count). The molecule has 1 aromatic carbocycles. The molecular formula is C20H22N2O2. The van der Waals surface area contributed by atoms with Crippen molar-refractivity contribution < 1.29 is 9.47 Å². The van der Waals surface area contributed by atoms with Crippen molar-refractivity contribution in [1.82, 2.24) is 9.97 Å². The van der Waals surface area contributed by atoms with Crippen molar-refractivity contribution in [2.24, 2.45) is 5.92 Å². The molecule has 24 heavy (non-hydrogen) atoms. The van der Waals surface area contributed by atoms with Crippen molar-refractivity contribution in [3.05, 3.63) is 58.7 Å². The highest BCUT2D eigenvalue weighted by molar-refractivity contribution is 5.85. The van der Waals surface area contributed by atoms with Crippen LogP contribution in [0.5, 0.6) is 5.75 Å². The molecule has 4 nitrogen and oxygen atoms in total. The van der Waals surface area contributed by atoms with E-state index in [1.165, 1.54) is 27.8 Å². The summed E-state index contributed by atoms with van der Waals surface area (Å²) >= 11 is 0. The predicted molar refractivity (Wildman–Crippen MR) is 96.3 cm³/mol. The number of benzene rings is 1. The van der Waals surface area contributed by atoms with Gasteiger partial charge >= 0.3 is 0 Å². The Labute approximate surface area is 141 Å². The van der Waals surface area contributed by atoms with Crippen LogP contribution in [0.4, 0.5) is 0 Å². The number of H-pyrrole nitrogens is 2. The topological polar surface area (TPSA) is 50.0 Å². The van der Waals surface area contributed by atoms with Crippen LogP contribution in [-0.4, -0.2) is 24.2 Å². The van der Waals surface area contributed by atoms with Gasteiger partial charge in [0.25, 0.3) is 0 Å². The lowest BCUT2D eigenvalue weighted by molar-refractivity contribution is 0.249. The van der Waals surface area contributed by atoms with Crippen LogP contribution in [0.1, 0.15) is 29.3 Å². The third-order valence-corrected chi connectivity index (χ3v) is 4.99. The summed E-state index contributed by atoms with van der Waals surface area (Å²) in [6, 6.07) is 6.19. The molecule has 0 amide bonds. The quantitative estimate of drug-likeness (QED) is 0.753. The Morgan fingerprint density at radius 2 is 1.92 bits per heavy atom. The summed E-state index contributed by atoms with van der Waals surface area (Å²) in [5.41, 5.74) is 6.37. The SMILES string of the molecule is COC1=Cc2[nH]cc(Cc3c[nH]c4cc(OC)ccc34)c2CC1C. The number of fused-ring (bicyclic) bond motifs is 2. The van der Waals surface area contributed by atoms with Crippen LogP contribution in [-0.2, 0) is 17.6 Å². The van der Waals surface area contributed by atoms with Crippen molar-refractivity contribution in [3.63, 3.8) is 0 Å². The van der Waals surface area contributed by atoms with E-state index in [9.17, 15) is 0 Å². The maximum absolute atomic E-state index is 5.48. The van der Waals surface area contributed by atoms with Crippen LogP contribution in [0, 0.1) is 5.92 Å². The van der Waals surface area contributed by atoms with Gasteiger partial charge in [0.05, 0.1) is 14.2 Å². The van der Waals surface area contributed by atoms with Crippen LogP contribution < -0.4 is 4.74 Å². The van der Waals surface area contributed by atoms with Gasteiger partial charge in [-0.15, -0.1) is 0 Å². The van der Waals surface area contributed by atoms with E-state index in [2.05, 4.69) is 41.4 Å². The van der Waals surface area contributed by atoms with Gasteiger partial charge in [-0.1, -0.05) is 6.92 Å². The molecule has 4 heteroatoms. The number of methoxy groups -OCH3 is 2. The summed E-state index contributed by atoms with van der Waals surface area (Å²) in [6.07, 6.45) is 8.30. The normalized spacial score (nSPS) is 16.8. The Hall–Kier alpha value is -2.62. The highest BCUT2D eigenvalue weighted by atomic mass is 16.5. The number of hydrogen-bond donors (Lipinski definition) is 2. The number of ether oxygens (including phenoxy) is 2. The molecule has 1 unspecified atom stereocenters. The van der Waals surface area contributed by atoms with Gasteiger partial charge in [0.2, 0.25) is 0 Å². The molecule has 2 aromatic heterocycles. The zero-order valence-corrected chi connectivity index (χ0v) is 14.3. The first kappa shape index (κ1) is 14.9. The number of nitrogens with one attached hydrogen (secondary N) is 2. The zero-order chi connectivity index (χ0) is 16.7. The van der Waals surface area contributed by atoms with E-state index in [1.807, 2.05) is 12.1 Å². The molecule has 0 radical (unpaired) electrons. The minimum Gasteiger partial charge on any atom is -0.501 e. The molecule has 1 atom stereocenters. The lowest BCUT2D eigenvalue weighted by atomic mass is 9.89. The third-order valence-electron chi connectivity index (χ3n) is 4.99. The first-order valence-corrected chi connectivity index (χ1v) is 8.28. The van der Waals surface area contributed by atoms with Crippen molar-refractivity contribution >= 4 is 17.0 Å². The predicted octanol–water partition coefficient (Wildman–Crippen LogP) is 4.27. The summed E-state index contributed by atoms with van der Waals surface area (Å²) in [5.74, 6) is 2.35. The fourth-order valence-electron chi connectivity index (χ4n) is 3.63. The average molecular weight is 322 g/mol. The summed E-state index contributed by atoms with van der Waals surface area (Å²) < 4.78 is 10.8. The minimum absolute atomic E-state index is 0.421. The van der Waals surface area contributed by atoms with Crippen LogP contribution in [0.15, 0.2) is 36.4 Å². The molecule has 1 aliphatic rings. The molecule has 124 valence electrons. The van der Waals surface area contributed by atoms with E-state index in [4.69, 9.17) is 9.47 Å². The van der Waals surface area contributed by atoms with Gasteiger partial charge < -0.3 is 19.4 Å². The van der Waals surface area contributed by atoms with Crippen LogP contribution in [0.3, 0.4) is 0 Å². The molecule has 0 fully saturated rings. The second kappa shape index (κ2) is 5.78. The van der Waals surface area contributed by atoms with Gasteiger partial charge in [-0.2, -0.15) is 0 Å². The maximum atomic E-state index is 5.48. The first-order valence-electron chi connectivity index (χ1n) is 8.28. The van der Waals surface area contributed by atoms with Crippen LogP contribution in [0.25, 0.3) is 17.0 Å². The minimum atomic E-state index is 0.421. The lowest BCUT2D eigenvalue weighted by Crippen LogP contribution is -2.11. The van der Waals surface area contributed by atoms with E-state index in [0.29, 0.717) is 5.92 Å². The second-order valence-corrected chi connectivity index (χ2v) is 6.46. The van der Waals surface area contributed by atoms with Crippen molar-refractivity contribution in [2.75, 3.05) is 14.2 Å². The number of aromatic amines is 2. The summed E-state index contributed by atoms with van der Waals surface area (Å²) in [4.78, 5) is 6.76. The Morgan fingerprint density at radius 1 is 1.08 bits per heavy atom. The molecule has 0 saturated carbocycles. The molecule has 0 aliphatic heterocycles. The van der Waals surface area contributed by atoms with Crippen molar-refractivity contribution in [1.29, 1.82) is 0 Å². The Kier molecular flexibility index (Phi) is 3.60. The standard InChI is InChI=1S/C20H22N2O2/c1-12-6-17-14(11-22-19(17)9-20(12)24-3)7-13-10-21-18-8-15(23-2)4-5-16(13)18/h4-5,8-12,21-22H,6-7H2,1-3H3. The van der Waals surface area contributed by atoms with E-state index >= 15 is 0 Å².